The number of pyridine rings is 1. The van der Waals surface area contributed by atoms with E-state index < -0.39 is 0 Å². The zero-order chi connectivity index (χ0) is 15.5. The molecule has 1 amide bonds. The summed E-state index contributed by atoms with van der Waals surface area (Å²) in [6.45, 7) is 2.88. The van der Waals surface area contributed by atoms with Crippen molar-refractivity contribution < 1.29 is 4.79 Å². The summed E-state index contributed by atoms with van der Waals surface area (Å²) in [4.78, 5) is 17.8. The van der Waals surface area contributed by atoms with Crippen molar-refractivity contribution in [2.45, 2.75) is 38.1 Å². The van der Waals surface area contributed by atoms with Gasteiger partial charge < -0.3 is 16.0 Å². The van der Waals surface area contributed by atoms with Gasteiger partial charge in [0.25, 0.3) is 5.91 Å². The average Bonchev–Trinajstić information content (AvgIpc) is 2.47. The molecule has 1 aromatic heterocycles. The van der Waals surface area contributed by atoms with Gasteiger partial charge in [0.15, 0.2) is 0 Å². The highest BCUT2D eigenvalue weighted by molar-refractivity contribution is 5.93. The van der Waals surface area contributed by atoms with Crippen LogP contribution in [-0.2, 0) is 0 Å². The maximum absolute atomic E-state index is 11.9. The number of nitrogens with one attached hydrogen (secondary N) is 1. The first-order valence-corrected chi connectivity index (χ1v) is 7.62. The van der Waals surface area contributed by atoms with Crippen LogP contribution in [0.1, 0.15) is 43.0 Å². The maximum atomic E-state index is 11.9. The topological polar surface area (TPSA) is 71.2 Å². The van der Waals surface area contributed by atoms with E-state index in [0.717, 1.165) is 18.7 Å². The number of hydrogen-bond donors (Lipinski definition) is 2. The van der Waals surface area contributed by atoms with Gasteiger partial charge in [0.05, 0.1) is 11.1 Å². The molecule has 1 aliphatic carbocycles. The second kappa shape index (κ2) is 6.43. The van der Waals surface area contributed by atoms with Crippen molar-refractivity contribution in [2.24, 2.45) is 11.7 Å². The van der Waals surface area contributed by atoms with Crippen LogP contribution in [0.2, 0.25) is 0 Å². The smallest absolute Gasteiger partial charge is 0.254 e. The largest absolute Gasteiger partial charge is 0.363 e. The third-order valence-electron chi connectivity index (χ3n) is 4.29. The molecule has 1 heterocycles. The van der Waals surface area contributed by atoms with Gasteiger partial charge in [-0.1, -0.05) is 19.8 Å². The predicted molar refractivity (Wildman–Crippen MR) is 85.3 cm³/mol. The summed E-state index contributed by atoms with van der Waals surface area (Å²) in [6.07, 6.45) is 6.24. The Bertz CT molecular complexity index is 486. The van der Waals surface area contributed by atoms with Crippen LogP contribution in [-0.4, -0.2) is 42.0 Å². The van der Waals surface area contributed by atoms with E-state index in [2.05, 4.69) is 17.2 Å². The van der Waals surface area contributed by atoms with Crippen molar-refractivity contribution in [3.05, 3.63) is 23.9 Å². The SMILES string of the molecule is CC1CCCC(CN)(Nc2ccc(C(=O)N(C)C)cn2)C1. The lowest BCUT2D eigenvalue weighted by molar-refractivity contribution is 0.0827. The molecule has 2 unspecified atom stereocenters. The molecule has 0 saturated heterocycles. The van der Waals surface area contributed by atoms with Crippen molar-refractivity contribution in [1.82, 2.24) is 9.88 Å². The van der Waals surface area contributed by atoms with Crippen LogP contribution in [0, 0.1) is 5.92 Å². The fourth-order valence-corrected chi connectivity index (χ4v) is 3.13. The first-order valence-electron chi connectivity index (χ1n) is 7.62. The van der Waals surface area contributed by atoms with E-state index in [1.54, 1.807) is 25.2 Å². The Balaban J connectivity index is 2.10. The molecule has 3 N–H and O–H groups in total. The van der Waals surface area contributed by atoms with Gasteiger partial charge in [0.1, 0.15) is 5.82 Å². The van der Waals surface area contributed by atoms with E-state index in [9.17, 15) is 4.79 Å². The van der Waals surface area contributed by atoms with Crippen LogP contribution >= 0.6 is 0 Å². The number of rotatable bonds is 4. The van der Waals surface area contributed by atoms with E-state index in [-0.39, 0.29) is 11.4 Å². The summed E-state index contributed by atoms with van der Waals surface area (Å²) in [6, 6.07) is 3.68. The van der Waals surface area contributed by atoms with Crippen LogP contribution in [0.3, 0.4) is 0 Å². The first-order chi connectivity index (χ1) is 9.96. The molecule has 1 saturated carbocycles. The Morgan fingerprint density at radius 1 is 1.52 bits per heavy atom. The molecule has 0 spiro atoms. The summed E-state index contributed by atoms with van der Waals surface area (Å²) < 4.78 is 0. The zero-order valence-electron chi connectivity index (χ0n) is 13.2. The third kappa shape index (κ3) is 3.73. The Kier molecular flexibility index (Phi) is 4.83. The number of carbonyl (C=O) groups excluding carboxylic acids is 1. The fraction of sp³-hybridized carbons (Fsp3) is 0.625. The van der Waals surface area contributed by atoms with Crippen molar-refractivity contribution in [3.8, 4) is 0 Å². The minimum Gasteiger partial charge on any atom is -0.363 e. The number of nitrogens with zero attached hydrogens (tertiary/aromatic N) is 2. The summed E-state index contributed by atoms with van der Waals surface area (Å²) in [5.41, 5.74) is 6.56. The van der Waals surface area contributed by atoms with Crippen LogP contribution < -0.4 is 11.1 Å². The van der Waals surface area contributed by atoms with Crippen molar-refractivity contribution >= 4 is 11.7 Å². The van der Waals surface area contributed by atoms with Crippen molar-refractivity contribution in [1.29, 1.82) is 0 Å². The molecule has 116 valence electrons. The molecule has 5 nitrogen and oxygen atoms in total. The summed E-state index contributed by atoms with van der Waals surface area (Å²) >= 11 is 0. The van der Waals surface area contributed by atoms with Gasteiger partial charge in [-0.15, -0.1) is 0 Å². The van der Waals surface area contributed by atoms with Crippen LogP contribution in [0.4, 0.5) is 5.82 Å². The summed E-state index contributed by atoms with van der Waals surface area (Å²) in [5.74, 6) is 1.45. The molecule has 5 heteroatoms. The van der Waals surface area contributed by atoms with Crippen molar-refractivity contribution in [2.75, 3.05) is 26.0 Å². The standard InChI is InChI=1S/C16H26N4O/c1-12-5-4-8-16(9-12,11-17)19-14-7-6-13(10-18-14)15(21)20(2)3/h6-7,10,12H,4-5,8-9,11,17H2,1-3H3,(H,18,19). The Labute approximate surface area is 126 Å². The second-order valence-electron chi connectivity index (χ2n) is 6.44. The quantitative estimate of drug-likeness (QED) is 0.891. The minimum atomic E-state index is -0.0578. The summed E-state index contributed by atoms with van der Waals surface area (Å²) in [7, 11) is 3.47. The molecular weight excluding hydrogens is 264 g/mol. The van der Waals surface area contributed by atoms with Crippen LogP contribution in [0.15, 0.2) is 18.3 Å². The third-order valence-corrected chi connectivity index (χ3v) is 4.29. The van der Waals surface area contributed by atoms with Crippen LogP contribution in [0.25, 0.3) is 0 Å². The molecule has 21 heavy (non-hydrogen) atoms. The van der Waals surface area contributed by atoms with E-state index in [4.69, 9.17) is 5.73 Å². The molecule has 1 fully saturated rings. The Morgan fingerprint density at radius 3 is 2.81 bits per heavy atom. The van der Waals surface area contributed by atoms with Gasteiger partial charge in [0, 0.05) is 26.8 Å². The molecule has 2 atom stereocenters. The molecule has 0 radical (unpaired) electrons. The van der Waals surface area contributed by atoms with Crippen LogP contribution in [0.5, 0.6) is 0 Å². The van der Waals surface area contributed by atoms with E-state index >= 15 is 0 Å². The van der Waals surface area contributed by atoms with Crippen molar-refractivity contribution in [3.63, 3.8) is 0 Å². The predicted octanol–water partition coefficient (Wildman–Crippen LogP) is 2.10. The maximum Gasteiger partial charge on any atom is 0.254 e. The highest BCUT2D eigenvalue weighted by Crippen LogP contribution is 2.33. The lowest BCUT2D eigenvalue weighted by Crippen LogP contribution is -2.48. The average molecular weight is 290 g/mol. The molecular formula is C16H26N4O. The monoisotopic (exact) mass is 290 g/mol. The molecule has 1 aliphatic rings. The highest BCUT2D eigenvalue weighted by Gasteiger charge is 2.33. The number of nitrogens with two attached hydrogens (primary N) is 1. The lowest BCUT2D eigenvalue weighted by Gasteiger charge is -2.40. The lowest BCUT2D eigenvalue weighted by atomic mass is 9.76. The zero-order valence-corrected chi connectivity index (χ0v) is 13.2. The number of aromatic nitrogens is 1. The van der Waals surface area contributed by atoms with E-state index in [1.807, 2.05) is 12.1 Å². The number of amides is 1. The van der Waals surface area contributed by atoms with Gasteiger partial charge in [-0.05, 0) is 30.9 Å². The van der Waals surface area contributed by atoms with Gasteiger partial charge in [-0.2, -0.15) is 0 Å². The molecule has 2 rings (SSSR count). The number of anilines is 1. The Morgan fingerprint density at radius 2 is 2.29 bits per heavy atom. The normalized spacial score (nSPS) is 25.4. The summed E-state index contributed by atoms with van der Waals surface area (Å²) in [5, 5.41) is 3.51. The van der Waals surface area contributed by atoms with E-state index in [0.29, 0.717) is 18.0 Å². The van der Waals surface area contributed by atoms with Gasteiger partial charge in [0.2, 0.25) is 0 Å². The molecule has 0 aliphatic heterocycles. The minimum absolute atomic E-state index is 0.0334. The first kappa shape index (κ1) is 15.8. The van der Waals surface area contributed by atoms with Gasteiger partial charge in [-0.3, -0.25) is 4.79 Å². The molecule has 0 aromatic carbocycles. The molecule has 0 bridgehead atoms. The second-order valence-corrected chi connectivity index (χ2v) is 6.44. The van der Waals surface area contributed by atoms with Gasteiger partial charge in [-0.25, -0.2) is 4.98 Å². The molecule has 1 aromatic rings. The number of hydrogen-bond acceptors (Lipinski definition) is 4. The Hall–Kier alpha value is -1.62. The van der Waals surface area contributed by atoms with E-state index in [1.165, 1.54) is 12.8 Å². The van der Waals surface area contributed by atoms with Gasteiger partial charge >= 0.3 is 0 Å². The highest BCUT2D eigenvalue weighted by atomic mass is 16.2. The fourth-order valence-electron chi connectivity index (χ4n) is 3.13. The number of carbonyl (C=O) groups is 1.